The molecule has 1 amide bonds. The van der Waals surface area contributed by atoms with E-state index in [-0.39, 0.29) is 6.61 Å². The minimum absolute atomic E-state index is 0.268. The average molecular weight is 267 g/mol. The summed E-state index contributed by atoms with van der Waals surface area (Å²) in [7, 11) is 0. The molecule has 0 bridgehead atoms. The quantitative estimate of drug-likeness (QED) is 0.898. The minimum Gasteiger partial charge on any atom is -0.445 e. The highest BCUT2D eigenvalue weighted by Crippen LogP contribution is 2.10. The van der Waals surface area contributed by atoms with Crippen LogP contribution in [0.3, 0.4) is 0 Å². The number of rotatable bonds is 5. The Labute approximate surface area is 118 Å². The number of carbonyl (C=O) groups is 1. The molecule has 0 aromatic heterocycles. The van der Waals surface area contributed by atoms with Crippen LogP contribution >= 0.6 is 0 Å². The Balaban J connectivity index is 1.74. The van der Waals surface area contributed by atoms with E-state index in [4.69, 9.17) is 4.74 Å². The van der Waals surface area contributed by atoms with Gasteiger partial charge in [0.25, 0.3) is 0 Å². The third-order valence-electron chi connectivity index (χ3n) is 2.84. The maximum absolute atomic E-state index is 11.6. The molecule has 2 aromatic rings. The van der Waals surface area contributed by atoms with Crippen molar-refractivity contribution in [2.45, 2.75) is 6.61 Å². The highest BCUT2D eigenvalue weighted by Gasteiger charge is 2.04. The molecule has 0 radical (unpaired) electrons. The fourth-order valence-corrected chi connectivity index (χ4v) is 1.73. The summed E-state index contributed by atoms with van der Waals surface area (Å²) in [6.45, 7) is 4.59. The van der Waals surface area contributed by atoms with Crippen molar-refractivity contribution < 1.29 is 9.53 Å². The van der Waals surface area contributed by atoms with Gasteiger partial charge < -0.3 is 10.1 Å². The average Bonchev–Trinajstić information content (AvgIpc) is 2.52. The van der Waals surface area contributed by atoms with E-state index in [0.29, 0.717) is 6.54 Å². The molecule has 0 saturated carbocycles. The Morgan fingerprint density at radius 1 is 1.00 bits per heavy atom. The Hall–Kier alpha value is -2.55. The van der Waals surface area contributed by atoms with Crippen molar-refractivity contribution in [2.24, 2.45) is 0 Å². The molecule has 1 N–H and O–H groups in total. The molecule has 0 aliphatic rings. The highest BCUT2D eigenvalue weighted by atomic mass is 16.5. The van der Waals surface area contributed by atoms with E-state index in [9.17, 15) is 4.79 Å². The number of benzene rings is 2. The van der Waals surface area contributed by atoms with Gasteiger partial charge in [-0.2, -0.15) is 0 Å². The first-order chi connectivity index (χ1) is 9.75. The van der Waals surface area contributed by atoms with Gasteiger partial charge in [-0.25, -0.2) is 4.79 Å². The second-order valence-electron chi connectivity index (χ2n) is 4.38. The number of hydrogen-bond donors (Lipinski definition) is 1. The molecule has 3 heteroatoms. The van der Waals surface area contributed by atoms with Crippen LogP contribution in [0, 0.1) is 0 Å². The summed E-state index contributed by atoms with van der Waals surface area (Å²) in [5, 5.41) is 2.69. The fourth-order valence-electron chi connectivity index (χ4n) is 1.73. The van der Waals surface area contributed by atoms with Gasteiger partial charge in [-0.1, -0.05) is 67.2 Å². The molecular formula is C17H17NO2. The zero-order valence-corrected chi connectivity index (χ0v) is 11.2. The van der Waals surface area contributed by atoms with Crippen LogP contribution in [0.15, 0.2) is 67.2 Å². The van der Waals surface area contributed by atoms with Crippen molar-refractivity contribution in [2.75, 3.05) is 6.54 Å². The molecule has 0 heterocycles. The SMILES string of the molecule is C=C(CNC(=O)OCc1ccccc1)c1ccccc1. The number of amides is 1. The second-order valence-corrected chi connectivity index (χ2v) is 4.38. The second kappa shape index (κ2) is 7.14. The lowest BCUT2D eigenvalue weighted by atomic mass is 10.1. The molecule has 102 valence electrons. The molecule has 3 nitrogen and oxygen atoms in total. The van der Waals surface area contributed by atoms with Gasteiger partial charge in [0.2, 0.25) is 0 Å². The van der Waals surface area contributed by atoms with Crippen molar-refractivity contribution in [3.05, 3.63) is 78.4 Å². The summed E-state index contributed by atoms with van der Waals surface area (Å²) in [5.41, 5.74) is 2.82. The van der Waals surface area contributed by atoms with Gasteiger partial charge >= 0.3 is 6.09 Å². The van der Waals surface area contributed by atoms with E-state index in [1.54, 1.807) is 0 Å². The zero-order chi connectivity index (χ0) is 14.2. The number of carbonyl (C=O) groups excluding carboxylic acids is 1. The normalized spacial score (nSPS) is 9.80. The monoisotopic (exact) mass is 267 g/mol. The van der Waals surface area contributed by atoms with Gasteiger partial charge in [0.15, 0.2) is 0 Å². The molecule has 2 aromatic carbocycles. The smallest absolute Gasteiger partial charge is 0.407 e. The Kier molecular flexibility index (Phi) is 4.95. The lowest BCUT2D eigenvalue weighted by molar-refractivity contribution is 0.141. The zero-order valence-electron chi connectivity index (χ0n) is 11.2. The first-order valence-electron chi connectivity index (χ1n) is 6.43. The molecule has 20 heavy (non-hydrogen) atoms. The van der Waals surface area contributed by atoms with E-state index < -0.39 is 6.09 Å². The Morgan fingerprint density at radius 2 is 1.60 bits per heavy atom. The van der Waals surface area contributed by atoms with Gasteiger partial charge in [-0.05, 0) is 16.7 Å². The molecule has 0 atom stereocenters. The van der Waals surface area contributed by atoms with Gasteiger partial charge in [0.05, 0.1) is 0 Å². The summed E-state index contributed by atoms with van der Waals surface area (Å²) < 4.78 is 5.12. The number of nitrogens with one attached hydrogen (secondary N) is 1. The molecule has 0 spiro atoms. The van der Waals surface area contributed by atoms with Crippen molar-refractivity contribution in [3.8, 4) is 0 Å². The Morgan fingerprint density at radius 3 is 2.25 bits per heavy atom. The van der Waals surface area contributed by atoms with E-state index in [1.165, 1.54) is 0 Å². The Bertz CT molecular complexity index is 564. The van der Waals surface area contributed by atoms with E-state index in [0.717, 1.165) is 16.7 Å². The van der Waals surface area contributed by atoms with Crippen LogP contribution in [0.1, 0.15) is 11.1 Å². The standard InChI is InChI=1S/C17H17NO2/c1-14(16-10-6-3-7-11-16)12-18-17(19)20-13-15-8-4-2-5-9-15/h2-11H,1,12-13H2,(H,18,19). The summed E-state index contributed by atoms with van der Waals surface area (Å²) in [6, 6.07) is 19.3. The van der Waals surface area contributed by atoms with E-state index in [1.807, 2.05) is 60.7 Å². The van der Waals surface area contributed by atoms with Gasteiger partial charge in [0.1, 0.15) is 6.61 Å². The molecule has 0 aliphatic heterocycles. The number of hydrogen-bond acceptors (Lipinski definition) is 2. The van der Waals surface area contributed by atoms with Crippen LogP contribution in [0.5, 0.6) is 0 Å². The first kappa shape index (κ1) is 13.9. The largest absolute Gasteiger partial charge is 0.445 e. The van der Waals surface area contributed by atoms with Crippen LogP contribution in [-0.4, -0.2) is 12.6 Å². The van der Waals surface area contributed by atoms with Gasteiger partial charge in [-0.3, -0.25) is 0 Å². The van der Waals surface area contributed by atoms with Crippen LogP contribution in [0.25, 0.3) is 5.57 Å². The topological polar surface area (TPSA) is 38.3 Å². The van der Waals surface area contributed by atoms with Crippen molar-refractivity contribution >= 4 is 11.7 Å². The highest BCUT2D eigenvalue weighted by molar-refractivity contribution is 5.72. The first-order valence-corrected chi connectivity index (χ1v) is 6.43. The minimum atomic E-state index is -0.439. The summed E-state index contributed by atoms with van der Waals surface area (Å²) in [5.74, 6) is 0. The molecule has 0 unspecified atom stereocenters. The lowest BCUT2D eigenvalue weighted by Gasteiger charge is -2.09. The summed E-state index contributed by atoms with van der Waals surface area (Å²) in [6.07, 6.45) is -0.439. The van der Waals surface area contributed by atoms with Gasteiger partial charge in [-0.15, -0.1) is 0 Å². The van der Waals surface area contributed by atoms with Crippen molar-refractivity contribution in [1.29, 1.82) is 0 Å². The maximum atomic E-state index is 11.6. The van der Waals surface area contributed by atoms with Crippen molar-refractivity contribution in [3.63, 3.8) is 0 Å². The van der Waals surface area contributed by atoms with E-state index >= 15 is 0 Å². The lowest BCUT2D eigenvalue weighted by Crippen LogP contribution is -2.25. The number of alkyl carbamates (subject to hydrolysis) is 1. The predicted molar refractivity (Wildman–Crippen MR) is 80.1 cm³/mol. The molecule has 0 saturated heterocycles. The fraction of sp³-hybridized carbons (Fsp3) is 0.118. The predicted octanol–water partition coefficient (Wildman–Crippen LogP) is 3.63. The maximum Gasteiger partial charge on any atom is 0.407 e. The molecular weight excluding hydrogens is 250 g/mol. The van der Waals surface area contributed by atoms with Crippen LogP contribution in [-0.2, 0) is 11.3 Å². The third kappa shape index (κ3) is 4.28. The van der Waals surface area contributed by atoms with Crippen LogP contribution in [0.2, 0.25) is 0 Å². The van der Waals surface area contributed by atoms with E-state index in [2.05, 4.69) is 11.9 Å². The van der Waals surface area contributed by atoms with Gasteiger partial charge in [0, 0.05) is 6.54 Å². The third-order valence-corrected chi connectivity index (χ3v) is 2.84. The molecule has 0 fully saturated rings. The summed E-state index contributed by atoms with van der Waals surface area (Å²) in [4.78, 5) is 11.6. The summed E-state index contributed by atoms with van der Waals surface area (Å²) >= 11 is 0. The van der Waals surface area contributed by atoms with Crippen molar-refractivity contribution in [1.82, 2.24) is 5.32 Å². The number of ether oxygens (including phenoxy) is 1. The van der Waals surface area contributed by atoms with Crippen LogP contribution < -0.4 is 5.32 Å². The molecule has 0 aliphatic carbocycles. The molecule has 2 rings (SSSR count). The van der Waals surface area contributed by atoms with Crippen LogP contribution in [0.4, 0.5) is 4.79 Å².